The monoisotopic (exact) mass is 138 g/mol. The molecule has 4 nitrogen and oxygen atoms in total. The summed E-state index contributed by atoms with van der Waals surface area (Å²) in [5.41, 5.74) is -0.226. The molecule has 0 saturated heterocycles. The Hall–Kier alpha value is -0.420. The van der Waals surface area contributed by atoms with E-state index in [-0.39, 0.29) is 12.2 Å². The summed E-state index contributed by atoms with van der Waals surface area (Å²) >= 11 is 0. The molecular formula is C3H6O4S. The highest BCUT2D eigenvalue weighted by Gasteiger charge is 2.04. The molecule has 0 radical (unpaired) electrons. The van der Waals surface area contributed by atoms with Crippen LogP contribution in [0.3, 0.4) is 0 Å². The fourth-order valence-corrected chi connectivity index (χ4v) is 0.576. The molecule has 0 amide bonds. The second-order valence-electron chi connectivity index (χ2n) is 0.996. The molecule has 48 valence electrons. The topological polar surface area (TPSA) is 60.4 Å². The van der Waals surface area contributed by atoms with E-state index in [0.717, 1.165) is 0 Å². The van der Waals surface area contributed by atoms with Gasteiger partial charge in [0.25, 0.3) is 5.62 Å². The highest BCUT2D eigenvalue weighted by Crippen LogP contribution is 1.83. The summed E-state index contributed by atoms with van der Waals surface area (Å²) in [6.45, 7) is 1.49. The Morgan fingerprint density at radius 3 is 2.25 bits per heavy atom. The van der Waals surface area contributed by atoms with Gasteiger partial charge in [-0.25, -0.2) is 0 Å². The van der Waals surface area contributed by atoms with Crippen LogP contribution < -0.4 is 0 Å². The van der Waals surface area contributed by atoms with Crippen LogP contribution in [0.25, 0.3) is 0 Å². The predicted molar refractivity (Wildman–Crippen MR) is 27.3 cm³/mol. The van der Waals surface area contributed by atoms with Crippen molar-refractivity contribution in [3.05, 3.63) is 0 Å². The number of hydrogen-bond acceptors (Lipinski definition) is 4. The zero-order chi connectivity index (χ0) is 6.62. The molecule has 0 aliphatic carbocycles. The zero-order valence-corrected chi connectivity index (χ0v) is 5.14. The van der Waals surface area contributed by atoms with Gasteiger partial charge in [0.15, 0.2) is 0 Å². The molecule has 0 unspecified atom stereocenters. The zero-order valence-electron chi connectivity index (χ0n) is 4.33. The summed E-state index contributed by atoms with van der Waals surface area (Å²) in [4.78, 5) is 9.50. The Labute approximate surface area is 47.6 Å². The van der Waals surface area contributed by atoms with Crippen LogP contribution in [-0.4, -0.2) is 20.6 Å². The Morgan fingerprint density at radius 2 is 2.12 bits per heavy atom. The maximum Gasteiger partial charge on any atom is 0.328 e. The van der Waals surface area contributed by atoms with Gasteiger partial charge in [0.1, 0.15) is 0 Å². The van der Waals surface area contributed by atoms with Gasteiger partial charge in [-0.3, -0.25) is 8.98 Å². The lowest BCUT2D eigenvalue weighted by Gasteiger charge is -1.89. The Bertz CT molecular complexity index is 156. The van der Waals surface area contributed by atoms with Gasteiger partial charge in [0.2, 0.25) is 0 Å². The molecule has 0 rings (SSSR count). The number of rotatable bonds is 3. The van der Waals surface area contributed by atoms with Crippen LogP contribution >= 0.6 is 0 Å². The average Bonchev–Trinajstić information content (AvgIpc) is 1.67. The van der Waals surface area contributed by atoms with E-state index in [2.05, 4.69) is 4.18 Å². The lowest BCUT2D eigenvalue weighted by atomic mass is 10.9. The van der Waals surface area contributed by atoms with Crippen LogP contribution in [0.1, 0.15) is 6.92 Å². The highest BCUT2D eigenvalue weighted by molar-refractivity contribution is 8.00. The highest BCUT2D eigenvalue weighted by atomic mass is 32.2. The van der Waals surface area contributed by atoms with E-state index in [4.69, 9.17) is 0 Å². The smallest absolute Gasteiger partial charge is 0.283 e. The molecule has 0 aliphatic heterocycles. The standard InChI is InChI=1S/C3H6O4S/c1-2-7-8(5,6)3-4/h3H,2H2,1H3. The molecule has 0 saturated carbocycles. The van der Waals surface area contributed by atoms with E-state index >= 15 is 0 Å². The molecular weight excluding hydrogens is 132 g/mol. The number of carbonyl (C=O) groups excluding carboxylic acids is 1. The molecule has 0 bridgehead atoms. The Balaban J connectivity index is 3.95. The molecule has 0 aromatic heterocycles. The van der Waals surface area contributed by atoms with E-state index in [9.17, 15) is 13.2 Å². The minimum Gasteiger partial charge on any atom is -0.283 e. The van der Waals surface area contributed by atoms with Gasteiger partial charge in [-0.1, -0.05) is 0 Å². The maximum absolute atomic E-state index is 10.0. The second kappa shape index (κ2) is 2.78. The number of carbonyl (C=O) groups is 1. The fourth-order valence-electron chi connectivity index (χ4n) is 0.192. The summed E-state index contributed by atoms with van der Waals surface area (Å²) in [5, 5.41) is 0. The maximum atomic E-state index is 10.0. The van der Waals surface area contributed by atoms with Gasteiger partial charge < -0.3 is 0 Å². The van der Waals surface area contributed by atoms with Crippen molar-refractivity contribution < 1.29 is 17.4 Å². The summed E-state index contributed by atoms with van der Waals surface area (Å²) in [5.74, 6) is 0. The summed E-state index contributed by atoms with van der Waals surface area (Å²) in [6, 6.07) is 0. The third-order valence-corrected chi connectivity index (χ3v) is 1.20. The van der Waals surface area contributed by atoms with Gasteiger partial charge in [-0.15, -0.1) is 0 Å². The van der Waals surface area contributed by atoms with Gasteiger partial charge in [-0.05, 0) is 6.92 Å². The summed E-state index contributed by atoms with van der Waals surface area (Å²) in [7, 11) is -3.85. The molecule has 8 heavy (non-hydrogen) atoms. The van der Waals surface area contributed by atoms with Gasteiger partial charge >= 0.3 is 10.1 Å². The first-order valence-electron chi connectivity index (χ1n) is 1.97. The van der Waals surface area contributed by atoms with Crippen molar-refractivity contribution in [2.24, 2.45) is 0 Å². The first-order valence-corrected chi connectivity index (χ1v) is 3.44. The van der Waals surface area contributed by atoms with Crippen molar-refractivity contribution >= 4 is 15.7 Å². The van der Waals surface area contributed by atoms with Gasteiger partial charge in [0.05, 0.1) is 6.61 Å². The molecule has 5 heteroatoms. The lowest BCUT2D eigenvalue weighted by Crippen LogP contribution is -2.04. The first-order chi connectivity index (χ1) is 3.62. The van der Waals surface area contributed by atoms with E-state index < -0.39 is 10.1 Å². The van der Waals surface area contributed by atoms with Gasteiger partial charge in [0, 0.05) is 0 Å². The summed E-state index contributed by atoms with van der Waals surface area (Å²) in [6.07, 6.45) is 0. The minimum absolute atomic E-state index is 0.00106. The predicted octanol–water partition coefficient (Wildman–Crippen LogP) is -0.457. The van der Waals surface area contributed by atoms with Crippen LogP contribution in [0.4, 0.5) is 0 Å². The van der Waals surface area contributed by atoms with Gasteiger partial charge in [-0.2, -0.15) is 8.42 Å². The van der Waals surface area contributed by atoms with Crippen LogP contribution in [-0.2, 0) is 19.1 Å². The quantitative estimate of drug-likeness (QED) is 0.391. The van der Waals surface area contributed by atoms with Crippen molar-refractivity contribution in [3.63, 3.8) is 0 Å². The Kier molecular flexibility index (Phi) is 2.64. The first kappa shape index (κ1) is 7.58. The minimum atomic E-state index is -3.85. The van der Waals surface area contributed by atoms with Crippen molar-refractivity contribution in [2.75, 3.05) is 6.61 Å². The van der Waals surface area contributed by atoms with Crippen molar-refractivity contribution in [3.8, 4) is 0 Å². The van der Waals surface area contributed by atoms with E-state index in [1.807, 2.05) is 0 Å². The third kappa shape index (κ3) is 2.70. The molecule has 0 spiro atoms. The van der Waals surface area contributed by atoms with Crippen LogP contribution in [0, 0.1) is 0 Å². The molecule has 0 aliphatic rings. The SMILES string of the molecule is CCOS(=O)(=O)C=O. The van der Waals surface area contributed by atoms with Crippen LogP contribution in [0.5, 0.6) is 0 Å². The fraction of sp³-hybridized carbons (Fsp3) is 0.667. The molecule has 0 heterocycles. The normalized spacial score (nSPS) is 11.1. The van der Waals surface area contributed by atoms with Crippen molar-refractivity contribution in [1.82, 2.24) is 0 Å². The van der Waals surface area contributed by atoms with Crippen molar-refractivity contribution in [1.29, 1.82) is 0 Å². The van der Waals surface area contributed by atoms with Crippen molar-refractivity contribution in [2.45, 2.75) is 6.92 Å². The molecule has 0 fully saturated rings. The Morgan fingerprint density at radius 1 is 1.62 bits per heavy atom. The second-order valence-corrected chi connectivity index (χ2v) is 2.41. The van der Waals surface area contributed by atoms with E-state index in [1.54, 1.807) is 0 Å². The van der Waals surface area contributed by atoms with Crippen LogP contribution in [0.15, 0.2) is 0 Å². The largest absolute Gasteiger partial charge is 0.328 e. The summed E-state index contributed by atoms with van der Waals surface area (Å²) < 4.78 is 24.0. The molecule has 0 N–H and O–H groups in total. The third-order valence-electron chi connectivity index (χ3n) is 0.400. The van der Waals surface area contributed by atoms with E-state index in [0.29, 0.717) is 0 Å². The molecule has 0 aromatic carbocycles. The molecule has 0 atom stereocenters. The van der Waals surface area contributed by atoms with E-state index in [1.165, 1.54) is 6.92 Å². The number of hydrogen-bond donors (Lipinski definition) is 0. The van der Waals surface area contributed by atoms with Crippen LogP contribution in [0.2, 0.25) is 0 Å². The average molecular weight is 138 g/mol. The lowest BCUT2D eigenvalue weighted by molar-refractivity contribution is 0.345. The molecule has 0 aromatic rings.